The number of hydrogen-bond acceptors (Lipinski definition) is 2. The van der Waals surface area contributed by atoms with Gasteiger partial charge < -0.3 is 10.1 Å². The molecule has 0 spiro atoms. The van der Waals surface area contributed by atoms with Crippen LogP contribution in [0.25, 0.3) is 0 Å². The van der Waals surface area contributed by atoms with Crippen molar-refractivity contribution in [2.24, 2.45) is 0 Å². The zero-order chi connectivity index (χ0) is 12.8. The fraction of sp³-hybridized carbons (Fsp3) is 0.188. The van der Waals surface area contributed by atoms with E-state index in [0.29, 0.717) is 5.17 Å². The van der Waals surface area contributed by atoms with E-state index in [1.54, 1.807) is 0 Å². The van der Waals surface area contributed by atoms with Crippen LogP contribution in [-0.2, 0) is 11.2 Å². The van der Waals surface area contributed by atoms with Gasteiger partial charge in [-0.05, 0) is 40.9 Å². The van der Waals surface area contributed by atoms with Gasteiger partial charge in [0.05, 0.1) is 6.04 Å². The number of benzene rings is 2. The van der Waals surface area contributed by atoms with Gasteiger partial charge in [-0.15, -0.1) is 0 Å². The molecular formula is C16H13NOS. The average Bonchev–Trinajstić information content (AvgIpc) is 2.76. The van der Waals surface area contributed by atoms with Crippen LogP contribution >= 0.6 is 12.2 Å². The average molecular weight is 267 g/mol. The van der Waals surface area contributed by atoms with Crippen LogP contribution in [0.2, 0.25) is 0 Å². The highest BCUT2D eigenvalue weighted by atomic mass is 32.1. The summed E-state index contributed by atoms with van der Waals surface area (Å²) in [5.74, 6) is 0. The minimum atomic E-state index is -0.00708. The van der Waals surface area contributed by atoms with E-state index in [1.807, 2.05) is 0 Å². The van der Waals surface area contributed by atoms with E-state index in [4.69, 9.17) is 17.0 Å². The van der Waals surface area contributed by atoms with Gasteiger partial charge in [0.15, 0.2) is 6.10 Å². The summed E-state index contributed by atoms with van der Waals surface area (Å²) in [6.07, 6.45) is 0.948. The SMILES string of the molecule is S=C1NC2c3ccccc3Cc3ccccc3C2O1. The predicted molar refractivity (Wildman–Crippen MR) is 78.0 cm³/mol. The van der Waals surface area contributed by atoms with Gasteiger partial charge >= 0.3 is 0 Å². The molecule has 2 atom stereocenters. The molecule has 1 N–H and O–H groups in total. The first-order chi connectivity index (χ1) is 9.33. The summed E-state index contributed by atoms with van der Waals surface area (Å²) in [4.78, 5) is 0. The van der Waals surface area contributed by atoms with Crippen molar-refractivity contribution in [2.75, 3.05) is 0 Å². The van der Waals surface area contributed by atoms with Gasteiger partial charge in [0.25, 0.3) is 5.17 Å². The molecule has 0 radical (unpaired) electrons. The highest BCUT2D eigenvalue weighted by Gasteiger charge is 2.38. The van der Waals surface area contributed by atoms with Gasteiger partial charge in [0.1, 0.15) is 0 Å². The molecule has 2 nitrogen and oxygen atoms in total. The Kier molecular flexibility index (Phi) is 2.35. The van der Waals surface area contributed by atoms with Crippen LogP contribution in [-0.4, -0.2) is 5.17 Å². The Morgan fingerprint density at radius 1 is 0.947 bits per heavy atom. The van der Waals surface area contributed by atoms with Crippen LogP contribution in [0.3, 0.4) is 0 Å². The number of thiocarbonyl (C=S) groups is 1. The van der Waals surface area contributed by atoms with Crippen molar-refractivity contribution in [1.82, 2.24) is 5.32 Å². The lowest BCUT2D eigenvalue weighted by Crippen LogP contribution is -2.19. The monoisotopic (exact) mass is 267 g/mol. The third-order valence-corrected chi connectivity index (χ3v) is 4.16. The minimum Gasteiger partial charge on any atom is -0.460 e. The molecule has 1 aliphatic heterocycles. The van der Waals surface area contributed by atoms with Crippen molar-refractivity contribution < 1.29 is 4.74 Å². The summed E-state index contributed by atoms with van der Waals surface area (Å²) in [7, 11) is 0. The van der Waals surface area contributed by atoms with Crippen molar-refractivity contribution >= 4 is 17.4 Å². The van der Waals surface area contributed by atoms with E-state index < -0.39 is 0 Å². The Hall–Kier alpha value is -1.87. The summed E-state index contributed by atoms with van der Waals surface area (Å²) in [6, 6.07) is 17.1. The van der Waals surface area contributed by atoms with Gasteiger partial charge in [-0.25, -0.2) is 0 Å². The Morgan fingerprint density at radius 2 is 1.58 bits per heavy atom. The first-order valence-electron chi connectivity index (χ1n) is 6.46. The molecule has 2 aliphatic rings. The smallest absolute Gasteiger partial charge is 0.257 e. The number of fused-ring (bicyclic) bond motifs is 5. The summed E-state index contributed by atoms with van der Waals surface area (Å²) >= 11 is 5.20. The van der Waals surface area contributed by atoms with Crippen molar-refractivity contribution in [1.29, 1.82) is 0 Å². The van der Waals surface area contributed by atoms with Crippen molar-refractivity contribution in [3.8, 4) is 0 Å². The van der Waals surface area contributed by atoms with Gasteiger partial charge in [-0.1, -0.05) is 48.5 Å². The van der Waals surface area contributed by atoms with E-state index >= 15 is 0 Å². The molecule has 94 valence electrons. The van der Waals surface area contributed by atoms with Crippen LogP contribution in [0, 0.1) is 0 Å². The fourth-order valence-electron chi connectivity index (χ4n) is 3.08. The summed E-state index contributed by atoms with van der Waals surface area (Å²) in [5.41, 5.74) is 5.22. The lowest BCUT2D eigenvalue weighted by molar-refractivity contribution is 0.209. The van der Waals surface area contributed by atoms with Gasteiger partial charge in [0, 0.05) is 0 Å². The zero-order valence-electron chi connectivity index (χ0n) is 10.3. The lowest BCUT2D eigenvalue weighted by atomic mass is 9.97. The molecule has 1 aliphatic carbocycles. The standard InChI is InChI=1S/C16H13NOS/c19-16-17-14-12-7-3-1-5-10(12)9-11-6-2-4-8-13(11)15(14)18-16/h1-8,14-15H,9H2,(H,17,19). The van der Waals surface area contributed by atoms with Crippen molar-refractivity contribution in [3.05, 3.63) is 70.8 Å². The minimum absolute atomic E-state index is 0.00708. The van der Waals surface area contributed by atoms with E-state index in [0.717, 1.165) is 6.42 Å². The quantitative estimate of drug-likeness (QED) is 0.740. The molecule has 19 heavy (non-hydrogen) atoms. The molecule has 0 bridgehead atoms. The maximum absolute atomic E-state index is 5.85. The highest BCUT2D eigenvalue weighted by molar-refractivity contribution is 7.80. The summed E-state index contributed by atoms with van der Waals surface area (Å²) < 4.78 is 5.85. The highest BCUT2D eigenvalue weighted by Crippen LogP contribution is 2.42. The fourth-order valence-corrected chi connectivity index (χ4v) is 3.31. The molecule has 0 amide bonds. The molecule has 1 saturated heterocycles. The number of nitrogens with one attached hydrogen (secondary N) is 1. The molecule has 1 fully saturated rings. The number of hydrogen-bond donors (Lipinski definition) is 1. The first-order valence-corrected chi connectivity index (χ1v) is 6.86. The second kappa shape index (κ2) is 4.07. The van der Waals surface area contributed by atoms with E-state index in [1.165, 1.54) is 22.3 Å². The predicted octanol–water partition coefficient (Wildman–Crippen LogP) is 3.28. The maximum atomic E-state index is 5.85. The third kappa shape index (κ3) is 1.65. The molecule has 4 rings (SSSR count). The molecule has 2 aromatic carbocycles. The third-order valence-electron chi connectivity index (χ3n) is 3.94. The number of ether oxygens (including phenoxy) is 1. The summed E-state index contributed by atoms with van der Waals surface area (Å²) in [6.45, 7) is 0. The lowest BCUT2D eigenvalue weighted by Gasteiger charge is -2.17. The Morgan fingerprint density at radius 3 is 2.37 bits per heavy atom. The first kappa shape index (κ1) is 11.0. The van der Waals surface area contributed by atoms with E-state index in [-0.39, 0.29) is 12.1 Å². The van der Waals surface area contributed by atoms with E-state index in [9.17, 15) is 0 Å². The second-order valence-corrected chi connectivity index (χ2v) is 5.39. The molecule has 2 aromatic rings. The normalized spacial score (nSPS) is 23.5. The van der Waals surface area contributed by atoms with E-state index in [2.05, 4.69) is 53.8 Å². The Bertz CT molecular complexity index is 612. The van der Waals surface area contributed by atoms with Crippen LogP contribution in [0.5, 0.6) is 0 Å². The van der Waals surface area contributed by atoms with Crippen molar-refractivity contribution in [2.45, 2.75) is 18.6 Å². The van der Waals surface area contributed by atoms with Crippen LogP contribution < -0.4 is 5.32 Å². The second-order valence-electron chi connectivity index (χ2n) is 5.02. The van der Waals surface area contributed by atoms with Gasteiger partial charge in [0.2, 0.25) is 0 Å². The van der Waals surface area contributed by atoms with Crippen LogP contribution in [0.15, 0.2) is 48.5 Å². The van der Waals surface area contributed by atoms with Crippen molar-refractivity contribution in [3.63, 3.8) is 0 Å². The number of rotatable bonds is 0. The van der Waals surface area contributed by atoms with Gasteiger partial charge in [-0.3, -0.25) is 0 Å². The maximum Gasteiger partial charge on any atom is 0.257 e. The molecule has 3 heteroatoms. The largest absolute Gasteiger partial charge is 0.460 e. The Balaban J connectivity index is 1.96. The molecule has 1 heterocycles. The molecule has 0 aromatic heterocycles. The zero-order valence-corrected chi connectivity index (χ0v) is 11.1. The molecule has 0 saturated carbocycles. The Labute approximate surface area is 117 Å². The molecular weight excluding hydrogens is 254 g/mol. The molecule has 2 unspecified atom stereocenters. The van der Waals surface area contributed by atoms with Gasteiger partial charge in [-0.2, -0.15) is 0 Å². The van der Waals surface area contributed by atoms with Crippen LogP contribution in [0.1, 0.15) is 34.4 Å². The van der Waals surface area contributed by atoms with Crippen LogP contribution in [0.4, 0.5) is 0 Å². The summed E-state index contributed by atoms with van der Waals surface area (Å²) in [5, 5.41) is 3.80. The topological polar surface area (TPSA) is 21.3 Å².